The maximum atomic E-state index is 11.2. The number of rotatable bonds is 1. The van der Waals surface area contributed by atoms with E-state index in [2.05, 4.69) is 0 Å². The van der Waals surface area contributed by atoms with E-state index in [4.69, 9.17) is 11.5 Å². The average molecular weight is 229 g/mol. The third kappa shape index (κ3) is 1.90. The molecule has 0 aromatic heterocycles. The fraction of sp³-hybridized carbons (Fsp3) is 0. The van der Waals surface area contributed by atoms with Crippen molar-refractivity contribution in [2.75, 3.05) is 4.90 Å². The van der Waals surface area contributed by atoms with Gasteiger partial charge in [-0.25, -0.2) is 14.5 Å². The second kappa shape index (κ2) is 4.13. The summed E-state index contributed by atoms with van der Waals surface area (Å²) in [6.07, 6.45) is 0. The SMILES string of the molecule is NC(=O)N(C(N)=O)c1cccc2ccccc12. The number of carbonyl (C=O) groups excluding carboxylic acids is 2. The zero-order chi connectivity index (χ0) is 12.4. The highest BCUT2D eigenvalue weighted by molar-refractivity contribution is 6.17. The quantitative estimate of drug-likeness (QED) is 0.780. The summed E-state index contributed by atoms with van der Waals surface area (Å²) >= 11 is 0. The van der Waals surface area contributed by atoms with E-state index in [0.717, 1.165) is 15.7 Å². The summed E-state index contributed by atoms with van der Waals surface area (Å²) in [5.74, 6) is 0. The van der Waals surface area contributed by atoms with Gasteiger partial charge in [-0.2, -0.15) is 0 Å². The Kier molecular flexibility index (Phi) is 2.66. The van der Waals surface area contributed by atoms with Crippen LogP contribution in [-0.2, 0) is 0 Å². The van der Waals surface area contributed by atoms with Gasteiger partial charge in [0.1, 0.15) is 0 Å². The normalized spacial score (nSPS) is 10.1. The van der Waals surface area contributed by atoms with E-state index in [9.17, 15) is 9.59 Å². The van der Waals surface area contributed by atoms with Gasteiger partial charge in [-0.05, 0) is 11.5 Å². The molecule has 4 amide bonds. The number of fused-ring (bicyclic) bond motifs is 1. The summed E-state index contributed by atoms with van der Waals surface area (Å²) in [6.45, 7) is 0. The number of carbonyl (C=O) groups is 2. The first kappa shape index (κ1) is 10.9. The van der Waals surface area contributed by atoms with Crippen molar-refractivity contribution in [3.05, 3.63) is 42.5 Å². The molecule has 2 rings (SSSR count). The molecule has 0 saturated carbocycles. The molecule has 17 heavy (non-hydrogen) atoms. The van der Waals surface area contributed by atoms with E-state index < -0.39 is 12.1 Å². The van der Waals surface area contributed by atoms with Crippen molar-refractivity contribution in [2.45, 2.75) is 0 Å². The van der Waals surface area contributed by atoms with Crippen molar-refractivity contribution in [3.8, 4) is 0 Å². The lowest BCUT2D eigenvalue weighted by molar-refractivity contribution is 0.243. The molecule has 0 heterocycles. The van der Waals surface area contributed by atoms with Crippen LogP contribution in [0.4, 0.5) is 15.3 Å². The molecule has 0 saturated heterocycles. The Bertz CT molecular complexity index is 576. The van der Waals surface area contributed by atoms with E-state index in [1.807, 2.05) is 24.3 Å². The van der Waals surface area contributed by atoms with E-state index in [0.29, 0.717) is 5.69 Å². The molecule has 2 aromatic rings. The van der Waals surface area contributed by atoms with Gasteiger partial charge >= 0.3 is 12.1 Å². The molecule has 0 atom stereocenters. The van der Waals surface area contributed by atoms with Crippen molar-refractivity contribution >= 4 is 28.5 Å². The van der Waals surface area contributed by atoms with Crippen LogP contribution in [0, 0.1) is 0 Å². The Balaban J connectivity index is 2.69. The zero-order valence-corrected chi connectivity index (χ0v) is 8.96. The van der Waals surface area contributed by atoms with Gasteiger partial charge in [0.05, 0.1) is 5.69 Å². The van der Waals surface area contributed by atoms with Crippen LogP contribution in [0.5, 0.6) is 0 Å². The highest BCUT2D eigenvalue weighted by atomic mass is 16.2. The number of hydrogen-bond donors (Lipinski definition) is 2. The Labute approximate surface area is 97.6 Å². The highest BCUT2D eigenvalue weighted by Crippen LogP contribution is 2.26. The molecule has 0 spiro atoms. The van der Waals surface area contributed by atoms with E-state index >= 15 is 0 Å². The first-order valence-corrected chi connectivity index (χ1v) is 4.98. The molecule has 0 fully saturated rings. The maximum absolute atomic E-state index is 11.2. The minimum Gasteiger partial charge on any atom is -0.351 e. The molecule has 5 heteroatoms. The molecule has 0 aliphatic heterocycles. The predicted octanol–water partition coefficient (Wildman–Crippen LogP) is 1.80. The van der Waals surface area contributed by atoms with Crippen molar-refractivity contribution in [3.63, 3.8) is 0 Å². The van der Waals surface area contributed by atoms with Gasteiger partial charge in [-0.15, -0.1) is 0 Å². The highest BCUT2D eigenvalue weighted by Gasteiger charge is 2.19. The summed E-state index contributed by atoms with van der Waals surface area (Å²) in [6, 6.07) is 10.8. The van der Waals surface area contributed by atoms with Crippen LogP contribution in [0.25, 0.3) is 10.8 Å². The van der Waals surface area contributed by atoms with Gasteiger partial charge in [-0.3, -0.25) is 0 Å². The van der Waals surface area contributed by atoms with Crippen LogP contribution < -0.4 is 16.4 Å². The minimum absolute atomic E-state index is 0.392. The van der Waals surface area contributed by atoms with Crippen LogP contribution in [0.1, 0.15) is 0 Å². The molecule has 86 valence electrons. The summed E-state index contributed by atoms with van der Waals surface area (Å²) < 4.78 is 0. The largest absolute Gasteiger partial charge is 0.351 e. The van der Waals surface area contributed by atoms with Crippen LogP contribution in [0.3, 0.4) is 0 Å². The summed E-state index contributed by atoms with van der Waals surface area (Å²) in [5, 5.41) is 1.64. The Morgan fingerprint density at radius 3 is 2.12 bits per heavy atom. The lowest BCUT2D eigenvalue weighted by Gasteiger charge is -2.17. The van der Waals surface area contributed by atoms with Crippen LogP contribution in [0.15, 0.2) is 42.5 Å². The number of urea groups is 2. The van der Waals surface area contributed by atoms with Gasteiger partial charge < -0.3 is 11.5 Å². The minimum atomic E-state index is -0.895. The number of hydrogen-bond acceptors (Lipinski definition) is 2. The van der Waals surface area contributed by atoms with Gasteiger partial charge in [0, 0.05) is 5.39 Å². The molecule has 4 N–H and O–H groups in total. The number of anilines is 1. The molecule has 0 radical (unpaired) electrons. The summed E-state index contributed by atoms with van der Waals surface area (Å²) in [4.78, 5) is 23.2. The second-order valence-electron chi connectivity index (χ2n) is 3.51. The third-order valence-corrected chi connectivity index (χ3v) is 2.45. The van der Waals surface area contributed by atoms with Crippen molar-refractivity contribution in [2.24, 2.45) is 11.5 Å². The lowest BCUT2D eigenvalue weighted by atomic mass is 10.1. The topological polar surface area (TPSA) is 89.4 Å². The number of benzene rings is 2. The molecule has 5 nitrogen and oxygen atoms in total. The third-order valence-electron chi connectivity index (χ3n) is 2.45. The Hall–Kier alpha value is -2.56. The predicted molar refractivity (Wildman–Crippen MR) is 65.6 cm³/mol. The Morgan fingerprint density at radius 2 is 1.47 bits per heavy atom. The van der Waals surface area contributed by atoms with Crippen LogP contribution in [-0.4, -0.2) is 12.1 Å². The van der Waals surface area contributed by atoms with Gasteiger partial charge in [0.2, 0.25) is 0 Å². The number of imide groups is 1. The zero-order valence-electron chi connectivity index (χ0n) is 8.96. The molecular weight excluding hydrogens is 218 g/mol. The average Bonchev–Trinajstić information content (AvgIpc) is 2.28. The van der Waals surface area contributed by atoms with Crippen molar-refractivity contribution < 1.29 is 9.59 Å². The fourth-order valence-corrected chi connectivity index (χ4v) is 1.75. The van der Waals surface area contributed by atoms with Gasteiger partial charge in [-0.1, -0.05) is 36.4 Å². The first-order chi connectivity index (χ1) is 8.11. The summed E-state index contributed by atoms with van der Waals surface area (Å²) in [7, 11) is 0. The standard InChI is InChI=1S/C12H11N3O2/c13-11(16)15(12(14)17)10-7-3-5-8-4-1-2-6-9(8)10/h1-7H,(H2,13,16)(H2,14,17). The molecule has 0 bridgehead atoms. The molecule has 2 aromatic carbocycles. The van der Waals surface area contributed by atoms with Crippen LogP contribution >= 0.6 is 0 Å². The number of nitrogens with two attached hydrogens (primary N) is 2. The monoisotopic (exact) mass is 229 g/mol. The van der Waals surface area contributed by atoms with E-state index in [-0.39, 0.29) is 0 Å². The van der Waals surface area contributed by atoms with Crippen molar-refractivity contribution in [1.29, 1.82) is 0 Å². The first-order valence-electron chi connectivity index (χ1n) is 4.98. The fourth-order valence-electron chi connectivity index (χ4n) is 1.75. The lowest BCUT2D eigenvalue weighted by Crippen LogP contribution is -2.44. The van der Waals surface area contributed by atoms with Gasteiger partial charge in [0.15, 0.2) is 0 Å². The molecule has 0 aliphatic rings. The Morgan fingerprint density at radius 1 is 0.882 bits per heavy atom. The molecule has 0 aliphatic carbocycles. The summed E-state index contributed by atoms with van der Waals surface area (Å²) in [5.41, 5.74) is 10.7. The van der Waals surface area contributed by atoms with Crippen molar-refractivity contribution in [1.82, 2.24) is 0 Å². The number of amides is 4. The van der Waals surface area contributed by atoms with Crippen LogP contribution in [0.2, 0.25) is 0 Å². The van der Waals surface area contributed by atoms with E-state index in [1.54, 1.807) is 18.2 Å². The van der Waals surface area contributed by atoms with Gasteiger partial charge in [0.25, 0.3) is 0 Å². The van der Waals surface area contributed by atoms with E-state index in [1.165, 1.54) is 0 Å². The molecular formula is C12H11N3O2. The smallest absolute Gasteiger partial charge is 0.327 e. The molecule has 0 unspecified atom stereocenters. The number of nitrogens with zero attached hydrogens (tertiary/aromatic N) is 1. The second-order valence-corrected chi connectivity index (χ2v) is 3.51. The number of primary amides is 2. The maximum Gasteiger partial charge on any atom is 0.327 e.